The van der Waals surface area contributed by atoms with Crippen molar-refractivity contribution in [2.24, 2.45) is 5.92 Å². The van der Waals surface area contributed by atoms with Crippen LogP contribution in [0.15, 0.2) is 30.3 Å². The van der Waals surface area contributed by atoms with E-state index >= 15 is 4.39 Å². The minimum atomic E-state index is -0.264. The minimum Gasteiger partial charge on any atom is -0.367 e. The lowest BCUT2D eigenvalue weighted by atomic mass is 9.98. The van der Waals surface area contributed by atoms with Gasteiger partial charge in [-0.15, -0.1) is 0 Å². The fourth-order valence-corrected chi connectivity index (χ4v) is 4.98. The number of aromatic nitrogens is 3. The second-order valence-corrected chi connectivity index (χ2v) is 9.74. The molecule has 0 aliphatic carbocycles. The van der Waals surface area contributed by atoms with Crippen molar-refractivity contribution in [2.45, 2.75) is 19.9 Å². The van der Waals surface area contributed by atoms with E-state index in [0.717, 1.165) is 37.5 Å². The van der Waals surface area contributed by atoms with Crippen molar-refractivity contribution in [2.75, 3.05) is 63.2 Å². The number of nitrogens with zero attached hydrogens (tertiary/aromatic N) is 6. The predicted octanol–water partition coefficient (Wildman–Crippen LogP) is 2.82. The number of hydrogen-bond donors (Lipinski definition) is 1. The van der Waals surface area contributed by atoms with Gasteiger partial charge in [0.15, 0.2) is 0 Å². The van der Waals surface area contributed by atoms with Gasteiger partial charge in [-0.1, -0.05) is 19.9 Å². The van der Waals surface area contributed by atoms with Crippen molar-refractivity contribution in [3.8, 4) is 11.3 Å². The van der Waals surface area contributed by atoms with Gasteiger partial charge in [-0.2, -0.15) is 5.10 Å². The van der Waals surface area contributed by atoms with E-state index in [0.29, 0.717) is 35.6 Å². The fourth-order valence-electron chi connectivity index (χ4n) is 4.98. The molecule has 4 heterocycles. The minimum absolute atomic E-state index is 0.108. The lowest BCUT2D eigenvalue weighted by molar-refractivity contribution is -0.134. The predicted molar refractivity (Wildman–Crippen MR) is 133 cm³/mol. The van der Waals surface area contributed by atoms with Gasteiger partial charge in [-0.25, -0.2) is 9.37 Å². The number of anilines is 2. The van der Waals surface area contributed by atoms with Crippen molar-refractivity contribution in [3.63, 3.8) is 0 Å². The maximum atomic E-state index is 15.1. The van der Waals surface area contributed by atoms with Crippen LogP contribution in [-0.2, 0) is 4.79 Å². The van der Waals surface area contributed by atoms with Gasteiger partial charge in [-0.05, 0) is 37.2 Å². The Hall–Kier alpha value is -3.20. The topological polar surface area (TPSA) is 71.6 Å². The highest BCUT2D eigenvalue weighted by atomic mass is 19.1. The fraction of sp³-hybridized carbons (Fsp3) is 0.480. The Balaban J connectivity index is 1.48. The zero-order valence-electron chi connectivity index (χ0n) is 20.3. The standard InChI is InChI=1S/C25H32FN7O/c1-16(2)24-25(34)31(4)11-14-33(24)21-8-6-19-23(27-21)22(29-28-19)17-5-7-20(18(26)15-17)32-12-9-30(3)10-13-32/h5-8,15-16,24H,9-14H2,1-4H3,(H,28,29). The number of fused-ring (bicyclic) bond motifs is 1. The number of rotatable bonds is 4. The van der Waals surface area contributed by atoms with E-state index in [1.54, 1.807) is 11.0 Å². The van der Waals surface area contributed by atoms with Crippen LogP contribution in [0.2, 0.25) is 0 Å². The first kappa shape index (κ1) is 22.6. The van der Waals surface area contributed by atoms with Crippen LogP contribution in [-0.4, -0.2) is 90.3 Å². The molecule has 3 aromatic rings. The van der Waals surface area contributed by atoms with E-state index in [1.807, 2.05) is 31.3 Å². The second kappa shape index (κ2) is 8.87. The molecule has 0 bridgehead atoms. The van der Waals surface area contributed by atoms with E-state index in [9.17, 15) is 4.79 Å². The SMILES string of the molecule is CC(C)C1C(=O)N(C)CCN1c1ccc2[nH]nc(-c3ccc(N4CCN(C)CC4)c(F)c3)c2n1. The molecule has 5 rings (SSSR count). The zero-order chi connectivity index (χ0) is 24.0. The van der Waals surface area contributed by atoms with Gasteiger partial charge in [0.2, 0.25) is 5.91 Å². The molecule has 2 aliphatic heterocycles. The number of carbonyl (C=O) groups is 1. The van der Waals surface area contributed by atoms with Gasteiger partial charge in [0.25, 0.3) is 0 Å². The summed E-state index contributed by atoms with van der Waals surface area (Å²) >= 11 is 0. The molecule has 1 aromatic carbocycles. The number of pyridine rings is 1. The summed E-state index contributed by atoms with van der Waals surface area (Å²) < 4.78 is 15.1. The van der Waals surface area contributed by atoms with E-state index < -0.39 is 0 Å². The highest BCUT2D eigenvalue weighted by Crippen LogP contribution is 2.32. The second-order valence-electron chi connectivity index (χ2n) is 9.74. The van der Waals surface area contributed by atoms with Gasteiger partial charge in [-0.3, -0.25) is 9.89 Å². The molecule has 2 aliphatic rings. The third-order valence-corrected chi connectivity index (χ3v) is 7.03. The van der Waals surface area contributed by atoms with Crippen molar-refractivity contribution in [1.82, 2.24) is 25.0 Å². The molecule has 1 amide bonds. The number of piperazine rings is 2. The van der Waals surface area contributed by atoms with Gasteiger partial charge in [0.05, 0.1) is 11.2 Å². The lowest BCUT2D eigenvalue weighted by Crippen LogP contribution is -2.58. The number of carbonyl (C=O) groups excluding carboxylic acids is 1. The number of halogens is 1. The smallest absolute Gasteiger partial charge is 0.245 e. The molecule has 0 saturated carbocycles. The molecule has 8 nitrogen and oxygen atoms in total. The van der Waals surface area contributed by atoms with E-state index in [4.69, 9.17) is 4.98 Å². The average molecular weight is 466 g/mol. The highest BCUT2D eigenvalue weighted by Gasteiger charge is 2.36. The summed E-state index contributed by atoms with van der Waals surface area (Å²) in [5.74, 6) is 0.744. The van der Waals surface area contributed by atoms with Gasteiger partial charge in [0.1, 0.15) is 28.9 Å². The number of benzene rings is 1. The number of H-pyrrole nitrogens is 1. The molecule has 2 saturated heterocycles. The third kappa shape index (κ3) is 3.98. The molecule has 0 radical (unpaired) electrons. The lowest BCUT2D eigenvalue weighted by Gasteiger charge is -2.41. The van der Waals surface area contributed by atoms with Crippen molar-refractivity contribution < 1.29 is 9.18 Å². The van der Waals surface area contributed by atoms with Crippen molar-refractivity contribution in [1.29, 1.82) is 0 Å². The number of amides is 1. The van der Waals surface area contributed by atoms with E-state index in [1.165, 1.54) is 0 Å². The first-order valence-electron chi connectivity index (χ1n) is 11.9. The number of aromatic amines is 1. The Labute approximate surface area is 199 Å². The van der Waals surface area contributed by atoms with E-state index in [-0.39, 0.29) is 23.7 Å². The van der Waals surface area contributed by atoms with Crippen LogP contribution in [0.3, 0.4) is 0 Å². The van der Waals surface area contributed by atoms with Crippen LogP contribution in [0, 0.1) is 11.7 Å². The Kier molecular flexibility index (Phi) is 5.89. The van der Waals surface area contributed by atoms with Gasteiger partial charge >= 0.3 is 0 Å². The molecule has 34 heavy (non-hydrogen) atoms. The maximum Gasteiger partial charge on any atom is 0.245 e. The van der Waals surface area contributed by atoms with Crippen LogP contribution in [0.4, 0.5) is 15.9 Å². The maximum absolute atomic E-state index is 15.1. The first-order valence-corrected chi connectivity index (χ1v) is 11.9. The monoisotopic (exact) mass is 465 g/mol. The largest absolute Gasteiger partial charge is 0.367 e. The summed E-state index contributed by atoms with van der Waals surface area (Å²) in [4.78, 5) is 26.0. The summed E-state index contributed by atoms with van der Waals surface area (Å²) in [5, 5.41) is 7.48. The van der Waals surface area contributed by atoms with E-state index in [2.05, 4.69) is 45.8 Å². The molecule has 1 N–H and O–H groups in total. The quantitative estimate of drug-likeness (QED) is 0.639. The summed E-state index contributed by atoms with van der Waals surface area (Å²) in [6.07, 6.45) is 0. The Morgan fingerprint density at radius 2 is 1.79 bits per heavy atom. The van der Waals surface area contributed by atoms with Gasteiger partial charge < -0.3 is 19.6 Å². The molecular formula is C25H32FN7O. The number of nitrogens with one attached hydrogen (secondary N) is 1. The van der Waals surface area contributed by atoms with Crippen molar-refractivity contribution >= 4 is 28.4 Å². The average Bonchev–Trinajstić information content (AvgIpc) is 3.24. The zero-order valence-corrected chi connectivity index (χ0v) is 20.3. The summed E-state index contributed by atoms with van der Waals surface area (Å²) in [6.45, 7) is 8.94. The molecule has 2 fully saturated rings. The Bertz CT molecular complexity index is 1200. The van der Waals surface area contributed by atoms with Crippen molar-refractivity contribution in [3.05, 3.63) is 36.1 Å². The summed E-state index contributed by atoms with van der Waals surface area (Å²) in [6, 6.07) is 8.90. The molecule has 9 heteroatoms. The van der Waals surface area contributed by atoms with Crippen LogP contribution >= 0.6 is 0 Å². The summed E-state index contributed by atoms with van der Waals surface area (Å²) in [5.41, 5.74) is 3.38. The van der Waals surface area contributed by atoms with Crippen LogP contribution in [0.25, 0.3) is 22.3 Å². The molecule has 0 spiro atoms. The molecular weight excluding hydrogens is 433 g/mol. The Morgan fingerprint density at radius 3 is 2.50 bits per heavy atom. The normalized spacial score (nSPS) is 20.1. The highest BCUT2D eigenvalue weighted by molar-refractivity contribution is 5.92. The van der Waals surface area contributed by atoms with Crippen LogP contribution < -0.4 is 9.80 Å². The molecule has 180 valence electrons. The third-order valence-electron chi connectivity index (χ3n) is 7.03. The van der Waals surface area contributed by atoms with Crippen LogP contribution in [0.1, 0.15) is 13.8 Å². The van der Waals surface area contributed by atoms with Gasteiger partial charge in [0, 0.05) is 51.9 Å². The molecule has 1 atom stereocenters. The molecule has 1 unspecified atom stereocenters. The number of hydrogen-bond acceptors (Lipinski definition) is 6. The van der Waals surface area contributed by atoms with Crippen LogP contribution in [0.5, 0.6) is 0 Å². The first-order chi connectivity index (χ1) is 16.3. The Morgan fingerprint density at radius 1 is 1.03 bits per heavy atom. The summed E-state index contributed by atoms with van der Waals surface area (Å²) in [7, 11) is 3.93. The number of likely N-dealkylation sites (N-methyl/N-ethyl adjacent to an activating group) is 2. The molecule has 2 aromatic heterocycles.